The van der Waals surface area contributed by atoms with Crippen molar-refractivity contribution in [2.24, 2.45) is 11.7 Å². The SMILES string of the molecule is NC(=O)N1CC(COc2cccc(Cl)c2)C1. The molecule has 86 valence electrons. The number of hydrogen-bond acceptors (Lipinski definition) is 2. The number of amides is 2. The number of likely N-dealkylation sites (tertiary alicyclic amines) is 1. The third-order valence-electron chi connectivity index (χ3n) is 2.55. The highest BCUT2D eigenvalue weighted by molar-refractivity contribution is 6.30. The Bertz CT molecular complexity index is 391. The molecule has 0 spiro atoms. The lowest BCUT2D eigenvalue weighted by atomic mass is 10.0. The van der Waals surface area contributed by atoms with E-state index in [0.717, 1.165) is 5.75 Å². The minimum Gasteiger partial charge on any atom is -0.493 e. The van der Waals surface area contributed by atoms with Crippen molar-refractivity contribution in [1.29, 1.82) is 0 Å². The molecule has 1 fully saturated rings. The van der Waals surface area contributed by atoms with Crippen LogP contribution in [-0.2, 0) is 0 Å². The molecule has 2 amide bonds. The van der Waals surface area contributed by atoms with Gasteiger partial charge < -0.3 is 15.4 Å². The van der Waals surface area contributed by atoms with E-state index >= 15 is 0 Å². The molecule has 0 aliphatic carbocycles. The maximum Gasteiger partial charge on any atom is 0.314 e. The van der Waals surface area contributed by atoms with E-state index in [1.165, 1.54) is 0 Å². The Hall–Kier alpha value is -1.42. The van der Waals surface area contributed by atoms with Crippen molar-refractivity contribution in [3.05, 3.63) is 29.3 Å². The van der Waals surface area contributed by atoms with Crippen LogP contribution in [0.25, 0.3) is 0 Å². The summed E-state index contributed by atoms with van der Waals surface area (Å²) < 4.78 is 5.56. The number of carbonyl (C=O) groups excluding carboxylic acids is 1. The van der Waals surface area contributed by atoms with Crippen molar-refractivity contribution in [3.8, 4) is 5.75 Å². The molecular weight excluding hydrogens is 228 g/mol. The van der Waals surface area contributed by atoms with Crippen molar-refractivity contribution in [3.63, 3.8) is 0 Å². The summed E-state index contributed by atoms with van der Waals surface area (Å²) in [6.45, 7) is 1.94. The van der Waals surface area contributed by atoms with Gasteiger partial charge in [0.25, 0.3) is 0 Å². The maximum absolute atomic E-state index is 10.7. The number of primary amides is 1. The number of carbonyl (C=O) groups is 1. The van der Waals surface area contributed by atoms with Crippen molar-refractivity contribution in [2.75, 3.05) is 19.7 Å². The molecule has 4 nitrogen and oxygen atoms in total. The van der Waals surface area contributed by atoms with E-state index in [-0.39, 0.29) is 6.03 Å². The van der Waals surface area contributed by atoms with Crippen molar-refractivity contribution >= 4 is 17.6 Å². The van der Waals surface area contributed by atoms with Gasteiger partial charge in [0, 0.05) is 24.0 Å². The number of halogens is 1. The standard InChI is InChI=1S/C11H13ClN2O2/c12-9-2-1-3-10(4-9)16-7-8-5-14(6-8)11(13)15/h1-4,8H,5-7H2,(H2,13,15). The van der Waals surface area contributed by atoms with Crippen LogP contribution < -0.4 is 10.5 Å². The number of benzene rings is 1. The Morgan fingerprint density at radius 3 is 2.94 bits per heavy atom. The normalized spacial score (nSPS) is 15.7. The van der Waals surface area contributed by atoms with Crippen LogP contribution in [0.15, 0.2) is 24.3 Å². The summed E-state index contributed by atoms with van der Waals surface area (Å²) >= 11 is 5.82. The summed E-state index contributed by atoms with van der Waals surface area (Å²) in [5, 5.41) is 0.657. The Morgan fingerprint density at radius 1 is 1.56 bits per heavy atom. The lowest BCUT2D eigenvalue weighted by Gasteiger charge is -2.37. The van der Waals surface area contributed by atoms with E-state index in [4.69, 9.17) is 22.1 Å². The highest BCUT2D eigenvalue weighted by atomic mass is 35.5. The second-order valence-electron chi connectivity index (χ2n) is 3.88. The zero-order chi connectivity index (χ0) is 11.5. The van der Waals surface area contributed by atoms with Gasteiger partial charge in [-0.2, -0.15) is 0 Å². The Kier molecular flexibility index (Phi) is 3.19. The van der Waals surface area contributed by atoms with Crippen LogP contribution >= 0.6 is 11.6 Å². The molecule has 1 aromatic rings. The van der Waals surface area contributed by atoms with Gasteiger partial charge in [0.1, 0.15) is 5.75 Å². The van der Waals surface area contributed by atoms with Gasteiger partial charge in [-0.25, -0.2) is 4.79 Å². The minimum absolute atomic E-state index is 0.362. The fraction of sp³-hybridized carbons (Fsp3) is 0.364. The number of nitrogens with zero attached hydrogens (tertiary/aromatic N) is 1. The van der Waals surface area contributed by atoms with E-state index in [9.17, 15) is 4.79 Å². The van der Waals surface area contributed by atoms with Crippen LogP contribution in [0.5, 0.6) is 5.75 Å². The van der Waals surface area contributed by atoms with Gasteiger partial charge in [0.05, 0.1) is 6.61 Å². The van der Waals surface area contributed by atoms with Gasteiger partial charge >= 0.3 is 6.03 Å². The van der Waals surface area contributed by atoms with Crippen LogP contribution in [0.2, 0.25) is 5.02 Å². The summed E-state index contributed by atoms with van der Waals surface area (Å²) in [6, 6.07) is 6.91. The Labute approximate surface area is 98.9 Å². The summed E-state index contributed by atoms with van der Waals surface area (Å²) in [7, 11) is 0. The van der Waals surface area contributed by atoms with Crippen LogP contribution in [0.1, 0.15) is 0 Å². The second kappa shape index (κ2) is 4.61. The monoisotopic (exact) mass is 240 g/mol. The van der Waals surface area contributed by atoms with Gasteiger partial charge in [-0.15, -0.1) is 0 Å². The predicted molar refractivity (Wildman–Crippen MR) is 61.6 cm³/mol. The van der Waals surface area contributed by atoms with Gasteiger partial charge in [-0.3, -0.25) is 0 Å². The van der Waals surface area contributed by atoms with E-state index in [1.54, 1.807) is 17.0 Å². The molecule has 0 unspecified atom stereocenters. The van der Waals surface area contributed by atoms with Crippen LogP contribution in [0.3, 0.4) is 0 Å². The smallest absolute Gasteiger partial charge is 0.314 e. The molecule has 0 aromatic heterocycles. The van der Waals surface area contributed by atoms with E-state index in [1.807, 2.05) is 12.1 Å². The lowest BCUT2D eigenvalue weighted by Crippen LogP contribution is -2.54. The first kappa shape index (κ1) is 11.1. The van der Waals surface area contributed by atoms with Crippen LogP contribution in [0.4, 0.5) is 4.79 Å². The van der Waals surface area contributed by atoms with E-state index in [2.05, 4.69) is 0 Å². The molecule has 1 aliphatic rings. The van der Waals surface area contributed by atoms with Crippen molar-refractivity contribution in [2.45, 2.75) is 0 Å². The molecule has 1 aliphatic heterocycles. The molecular formula is C11H13ClN2O2. The largest absolute Gasteiger partial charge is 0.493 e. The van der Waals surface area contributed by atoms with Crippen LogP contribution in [-0.4, -0.2) is 30.6 Å². The first-order chi connectivity index (χ1) is 7.65. The first-order valence-corrected chi connectivity index (χ1v) is 5.45. The second-order valence-corrected chi connectivity index (χ2v) is 4.31. The fourth-order valence-electron chi connectivity index (χ4n) is 1.63. The minimum atomic E-state index is -0.362. The third kappa shape index (κ3) is 2.58. The van der Waals surface area contributed by atoms with Gasteiger partial charge in [-0.1, -0.05) is 17.7 Å². The molecule has 2 rings (SSSR count). The number of hydrogen-bond donors (Lipinski definition) is 1. The molecule has 5 heteroatoms. The molecule has 0 bridgehead atoms. The first-order valence-electron chi connectivity index (χ1n) is 5.08. The molecule has 1 heterocycles. The Morgan fingerprint density at radius 2 is 2.31 bits per heavy atom. The van der Waals surface area contributed by atoms with Crippen molar-refractivity contribution in [1.82, 2.24) is 4.90 Å². The third-order valence-corrected chi connectivity index (χ3v) is 2.79. The van der Waals surface area contributed by atoms with E-state index in [0.29, 0.717) is 30.6 Å². The maximum atomic E-state index is 10.7. The molecule has 2 N–H and O–H groups in total. The highest BCUT2D eigenvalue weighted by Gasteiger charge is 2.29. The van der Waals surface area contributed by atoms with Gasteiger partial charge in [0.15, 0.2) is 0 Å². The summed E-state index contributed by atoms with van der Waals surface area (Å²) in [5.41, 5.74) is 5.12. The molecule has 1 aromatic carbocycles. The average molecular weight is 241 g/mol. The number of nitrogens with two attached hydrogens (primary N) is 1. The lowest BCUT2D eigenvalue weighted by molar-refractivity contribution is 0.0903. The number of ether oxygens (including phenoxy) is 1. The average Bonchev–Trinajstić information content (AvgIpc) is 2.14. The number of urea groups is 1. The van der Waals surface area contributed by atoms with Gasteiger partial charge in [-0.05, 0) is 18.2 Å². The quantitative estimate of drug-likeness (QED) is 0.875. The molecule has 0 radical (unpaired) electrons. The fourth-order valence-corrected chi connectivity index (χ4v) is 1.81. The topological polar surface area (TPSA) is 55.6 Å². The summed E-state index contributed by atoms with van der Waals surface area (Å²) in [4.78, 5) is 12.3. The van der Waals surface area contributed by atoms with E-state index < -0.39 is 0 Å². The van der Waals surface area contributed by atoms with Gasteiger partial charge in [0.2, 0.25) is 0 Å². The summed E-state index contributed by atoms with van der Waals surface area (Å²) in [5.74, 6) is 1.12. The molecule has 1 saturated heterocycles. The summed E-state index contributed by atoms with van der Waals surface area (Å²) in [6.07, 6.45) is 0. The molecule has 16 heavy (non-hydrogen) atoms. The number of rotatable bonds is 3. The zero-order valence-corrected chi connectivity index (χ0v) is 9.48. The van der Waals surface area contributed by atoms with Crippen molar-refractivity contribution < 1.29 is 9.53 Å². The highest BCUT2D eigenvalue weighted by Crippen LogP contribution is 2.20. The molecule has 0 saturated carbocycles. The molecule has 0 atom stereocenters. The van der Waals surface area contributed by atoms with Crippen LogP contribution in [0, 0.1) is 5.92 Å². The zero-order valence-electron chi connectivity index (χ0n) is 8.73. The predicted octanol–water partition coefficient (Wildman–Crippen LogP) is 1.73. The Balaban J connectivity index is 1.75.